The minimum atomic E-state index is 0.741. The zero-order chi connectivity index (χ0) is 9.97. The van der Waals surface area contributed by atoms with E-state index in [-0.39, 0.29) is 0 Å². The molecule has 1 aromatic heterocycles. The Morgan fingerprint density at radius 2 is 2.14 bits per heavy atom. The highest BCUT2D eigenvalue weighted by molar-refractivity contribution is 9.10. The van der Waals surface area contributed by atoms with Crippen LogP contribution in [0.2, 0.25) is 0 Å². The Morgan fingerprint density at radius 1 is 1.29 bits per heavy atom. The first-order chi connectivity index (χ1) is 6.81. The molecule has 0 amide bonds. The topological polar surface area (TPSA) is 22.4 Å². The third kappa shape index (κ3) is 1.68. The van der Waals surface area contributed by atoms with Crippen molar-refractivity contribution in [2.24, 2.45) is 0 Å². The number of methoxy groups -OCH3 is 1. The van der Waals surface area contributed by atoms with Gasteiger partial charge in [0.2, 0.25) is 0 Å². The molecular formula is C11H9BrO2. The fourth-order valence-electron chi connectivity index (χ4n) is 1.29. The molecule has 0 unspecified atom stereocenters. The molecule has 14 heavy (non-hydrogen) atoms. The molecule has 72 valence electrons. The van der Waals surface area contributed by atoms with Gasteiger partial charge in [-0.15, -0.1) is 0 Å². The average Bonchev–Trinajstić information content (AvgIpc) is 2.65. The second-order valence-corrected chi connectivity index (χ2v) is 3.56. The predicted molar refractivity (Wildman–Crippen MR) is 58.4 cm³/mol. The van der Waals surface area contributed by atoms with Crippen LogP contribution in [-0.2, 0) is 0 Å². The van der Waals surface area contributed by atoms with Gasteiger partial charge in [-0.25, -0.2) is 0 Å². The van der Waals surface area contributed by atoms with E-state index in [0.717, 1.165) is 21.5 Å². The molecule has 0 aliphatic carbocycles. The fourth-order valence-corrected chi connectivity index (χ4v) is 1.76. The van der Waals surface area contributed by atoms with Gasteiger partial charge in [-0.3, -0.25) is 0 Å². The molecule has 0 spiro atoms. The lowest BCUT2D eigenvalue weighted by molar-refractivity contribution is 0.415. The van der Waals surface area contributed by atoms with Gasteiger partial charge in [0.1, 0.15) is 5.75 Å². The van der Waals surface area contributed by atoms with E-state index in [1.54, 1.807) is 13.4 Å². The van der Waals surface area contributed by atoms with Crippen LogP contribution in [0, 0.1) is 0 Å². The largest absolute Gasteiger partial charge is 0.497 e. The molecule has 0 fully saturated rings. The van der Waals surface area contributed by atoms with E-state index in [1.807, 2.05) is 30.3 Å². The molecule has 0 bridgehead atoms. The first-order valence-corrected chi connectivity index (χ1v) is 4.98. The van der Waals surface area contributed by atoms with Crippen LogP contribution in [0.3, 0.4) is 0 Å². The molecule has 0 atom stereocenters. The summed E-state index contributed by atoms with van der Waals surface area (Å²) < 4.78 is 11.1. The van der Waals surface area contributed by atoms with Gasteiger partial charge in [0.15, 0.2) is 4.67 Å². The molecular weight excluding hydrogens is 244 g/mol. The third-order valence-electron chi connectivity index (χ3n) is 2.00. The molecule has 0 saturated carbocycles. The number of hydrogen-bond acceptors (Lipinski definition) is 2. The third-order valence-corrected chi connectivity index (χ3v) is 2.61. The van der Waals surface area contributed by atoms with E-state index >= 15 is 0 Å². The highest BCUT2D eigenvalue weighted by Crippen LogP contribution is 2.30. The van der Waals surface area contributed by atoms with Gasteiger partial charge in [-0.1, -0.05) is 12.1 Å². The summed E-state index contributed by atoms with van der Waals surface area (Å²) in [6.45, 7) is 0. The van der Waals surface area contributed by atoms with Gasteiger partial charge in [0.25, 0.3) is 0 Å². The molecule has 0 N–H and O–H groups in total. The van der Waals surface area contributed by atoms with Crippen molar-refractivity contribution >= 4 is 15.9 Å². The SMILES string of the molecule is COc1cccc(-c2ccoc2Br)c1. The predicted octanol–water partition coefficient (Wildman–Crippen LogP) is 3.72. The fraction of sp³-hybridized carbons (Fsp3) is 0.0909. The Balaban J connectivity index is 2.47. The summed E-state index contributed by atoms with van der Waals surface area (Å²) in [4.78, 5) is 0. The van der Waals surface area contributed by atoms with Crippen LogP contribution in [0.1, 0.15) is 0 Å². The lowest BCUT2D eigenvalue weighted by Crippen LogP contribution is -1.82. The maximum absolute atomic E-state index is 5.17. The monoisotopic (exact) mass is 252 g/mol. The van der Waals surface area contributed by atoms with Crippen molar-refractivity contribution in [2.45, 2.75) is 0 Å². The van der Waals surface area contributed by atoms with Gasteiger partial charge in [0, 0.05) is 5.56 Å². The highest BCUT2D eigenvalue weighted by Gasteiger charge is 2.05. The second-order valence-electron chi connectivity index (χ2n) is 2.84. The molecule has 0 radical (unpaired) electrons. The van der Waals surface area contributed by atoms with Crippen LogP contribution < -0.4 is 4.74 Å². The Bertz CT molecular complexity index is 434. The maximum atomic E-state index is 5.17. The van der Waals surface area contributed by atoms with Crippen LogP contribution >= 0.6 is 15.9 Å². The summed E-state index contributed by atoms with van der Waals surface area (Å²) >= 11 is 3.34. The minimum absolute atomic E-state index is 0.741. The summed E-state index contributed by atoms with van der Waals surface area (Å²) in [5.41, 5.74) is 2.11. The molecule has 2 aromatic rings. The van der Waals surface area contributed by atoms with Crippen molar-refractivity contribution < 1.29 is 9.15 Å². The molecule has 1 heterocycles. The molecule has 0 saturated heterocycles. The summed E-state index contributed by atoms with van der Waals surface area (Å²) in [6, 6.07) is 9.76. The van der Waals surface area contributed by atoms with Crippen LogP contribution in [0.15, 0.2) is 45.7 Å². The van der Waals surface area contributed by atoms with E-state index in [1.165, 1.54) is 0 Å². The molecule has 2 rings (SSSR count). The normalized spacial score (nSPS) is 10.1. The molecule has 3 heteroatoms. The number of benzene rings is 1. The number of rotatable bonds is 2. The van der Waals surface area contributed by atoms with E-state index in [9.17, 15) is 0 Å². The summed E-state index contributed by atoms with van der Waals surface area (Å²) in [5, 5.41) is 0. The van der Waals surface area contributed by atoms with Crippen LogP contribution in [0.4, 0.5) is 0 Å². The van der Waals surface area contributed by atoms with E-state index in [4.69, 9.17) is 9.15 Å². The minimum Gasteiger partial charge on any atom is -0.497 e. The van der Waals surface area contributed by atoms with Crippen molar-refractivity contribution in [3.05, 3.63) is 41.3 Å². The Kier molecular flexibility index (Phi) is 2.59. The van der Waals surface area contributed by atoms with Crippen LogP contribution in [0.5, 0.6) is 5.75 Å². The van der Waals surface area contributed by atoms with Crippen LogP contribution in [-0.4, -0.2) is 7.11 Å². The molecule has 1 aromatic carbocycles. The van der Waals surface area contributed by atoms with Gasteiger partial charge in [-0.05, 0) is 39.7 Å². The highest BCUT2D eigenvalue weighted by atomic mass is 79.9. The zero-order valence-corrected chi connectivity index (χ0v) is 9.24. The summed E-state index contributed by atoms with van der Waals surface area (Å²) in [6.07, 6.45) is 1.65. The van der Waals surface area contributed by atoms with Crippen molar-refractivity contribution in [3.63, 3.8) is 0 Å². The number of furan rings is 1. The van der Waals surface area contributed by atoms with Crippen molar-refractivity contribution in [2.75, 3.05) is 7.11 Å². The quantitative estimate of drug-likeness (QED) is 0.813. The first-order valence-electron chi connectivity index (χ1n) is 4.18. The van der Waals surface area contributed by atoms with Gasteiger partial charge in [0.05, 0.1) is 13.4 Å². The van der Waals surface area contributed by atoms with E-state index < -0.39 is 0 Å². The van der Waals surface area contributed by atoms with Crippen molar-refractivity contribution in [1.29, 1.82) is 0 Å². The molecule has 0 aliphatic heterocycles. The standard InChI is InChI=1S/C11H9BrO2/c1-13-9-4-2-3-8(7-9)10-5-6-14-11(10)12/h2-7H,1H3. The number of ether oxygens (including phenoxy) is 1. The Hall–Kier alpha value is -1.22. The van der Waals surface area contributed by atoms with Gasteiger partial charge < -0.3 is 9.15 Å². The lowest BCUT2D eigenvalue weighted by Gasteiger charge is -2.02. The van der Waals surface area contributed by atoms with E-state index in [2.05, 4.69) is 15.9 Å². The summed E-state index contributed by atoms with van der Waals surface area (Å²) in [7, 11) is 1.66. The maximum Gasteiger partial charge on any atom is 0.176 e. The van der Waals surface area contributed by atoms with Crippen molar-refractivity contribution in [3.8, 4) is 16.9 Å². The van der Waals surface area contributed by atoms with Crippen molar-refractivity contribution in [1.82, 2.24) is 0 Å². The smallest absolute Gasteiger partial charge is 0.176 e. The number of hydrogen-bond donors (Lipinski definition) is 0. The number of halogens is 1. The Labute approximate surface area is 90.6 Å². The molecule has 0 aliphatic rings. The van der Waals surface area contributed by atoms with Gasteiger partial charge >= 0.3 is 0 Å². The molecule has 2 nitrogen and oxygen atoms in total. The average molecular weight is 253 g/mol. The second kappa shape index (κ2) is 3.88. The van der Waals surface area contributed by atoms with E-state index in [0.29, 0.717) is 0 Å². The van der Waals surface area contributed by atoms with Gasteiger partial charge in [-0.2, -0.15) is 0 Å². The first kappa shape index (κ1) is 9.34. The summed E-state index contributed by atoms with van der Waals surface area (Å²) in [5.74, 6) is 0.843. The lowest BCUT2D eigenvalue weighted by atomic mass is 10.1. The Morgan fingerprint density at radius 3 is 2.79 bits per heavy atom. The van der Waals surface area contributed by atoms with Crippen LogP contribution in [0.25, 0.3) is 11.1 Å². The zero-order valence-electron chi connectivity index (χ0n) is 7.66.